The average molecular weight is 326 g/mol. The van der Waals surface area contributed by atoms with Crippen LogP contribution in [0.15, 0.2) is 35.2 Å². The van der Waals surface area contributed by atoms with Crippen LogP contribution in [-0.4, -0.2) is 24.7 Å². The van der Waals surface area contributed by atoms with Crippen molar-refractivity contribution in [2.24, 2.45) is 0 Å². The lowest BCUT2D eigenvalue weighted by Crippen LogP contribution is -1.99. The molecule has 7 heteroatoms. The first-order valence-electron chi connectivity index (χ1n) is 5.01. The van der Waals surface area contributed by atoms with E-state index in [0.29, 0.717) is 26.7 Å². The van der Waals surface area contributed by atoms with Gasteiger partial charge in [-0.3, -0.25) is 4.40 Å². The molecule has 2 aromatic heterocycles. The Balaban J connectivity index is 2.32. The van der Waals surface area contributed by atoms with Gasteiger partial charge in [-0.25, -0.2) is 4.98 Å². The average Bonchev–Trinajstić information content (AvgIpc) is 2.81. The van der Waals surface area contributed by atoms with E-state index in [-0.39, 0.29) is 5.75 Å². The molecule has 1 N–H and O–H groups in total. The number of aromatic hydroxyl groups is 1. The van der Waals surface area contributed by atoms with Crippen LogP contribution in [0, 0.1) is 0 Å². The molecule has 5 nitrogen and oxygen atoms in total. The number of fused-ring (bicyclic) bond motifs is 1. The largest absolute Gasteiger partial charge is 0.507 e. The third kappa shape index (κ3) is 1.74. The molecule has 0 radical (unpaired) electrons. The minimum Gasteiger partial charge on any atom is -0.507 e. The topological polar surface area (TPSA) is 63.3 Å². The Morgan fingerprint density at radius 1 is 1.28 bits per heavy atom. The first kappa shape index (κ1) is 11.4. The molecule has 0 spiro atoms. The summed E-state index contributed by atoms with van der Waals surface area (Å²) in [6.07, 6.45) is 3.39. The fraction of sp³-hybridized carbons (Fsp3) is 0. The normalized spacial score (nSPS) is 11.0. The molecule has 90 valence electrons. The Bertz CT molecular complexity index is 743. The van der Waals surface area contributed by atoms with Gasteiger partial charge in [0.05, 0.1) is 5.56 Å². The molecular formula is C11H6BrClN4O. The Morgan fingerprint density at radius 2 is 2.11 bits per heavy atom. The maximum absolute atomic E-state index is 9.91. The summed E-state index contributed by atoms with van der Waals surface area (Å²) in [4.78, 5) is 4.16. The highest BCUT2D eigenvalue weighted by Gasteiger charge is 2.13. The second-order valence-electron chi connectivity index (χ2n) is 3.60. The maximum atomic E-state index is 9.91. The molecule has 0 aliphatic heterocycles. The summed E-state index contributed by atoms with van der Waals surface area (Å²) >= 11 is 9.08. The summed E-state index contributed by atoms with van der Waals surface area (Å²) < 4.78 is 2.28. The first-order chi connectivity index (χ1) is 8.66. The molecule has 0 fully saturated rings. The summed E-state index contributed by atoms with van der Waals surface area (Å²) in [6, 6.07) is 4.83. The second-order valence-corrected chi connectivity index (χ2v) is 4.78. The molecular weight excluding hydrogens is 320 g/mol. The fourth-order valence-corrected chi connectivity index (χ4v) is 2.23. The van der Waals surface area contributed by atoms with Gasteiger partial charge in [0.25, 0.3) is 0 Å². The predicted molar refractivity (Wildman–Crippen MR) is 70.6 cm³/mol. The van der Waals surface area contributed by atoms with E-state index in [1.54, 1.807) is 28.9 Å². The molecule has 0 bridgehead atoms. The molecule has 1 aromatic carbocycles. The quantitative estimate of drug-likeness (QED) is 0.747. The van der Waals surface area contributed by atoms with Gasteiger partial charge >= 0.3 is 0 Å². The third-order valence-electron chi connectivity index (χ3n) is 2.49. The van der Waals surface area contributed by atoms with E-state index in [9.17, 15) is 5.11 Å². The summed E-state index contributed by atoms with van der Waals surface area (Å²) in [5.41, 5.74) is 1.18. The molecule has 3 rings (SSSR count). The van der Waals surface area contributed by atoms with E-state index in [0.717, 1.165) is 0 Å². The van der Waals surface area contributed by atoms with Crippen molar-refractivity contribution in [2.45, 2.75) is 0 Å². The smallest absolute Gasteiger partial charge is 0.173 e. The number of hydrogen-bond acceptors (Lipinski definition) is 4. The highest BCUT2D eigenvalue weighted by Crippen LogP contribution is 2.30. The lowest BCUT2D eigenvalue weighted by Gasteiger charge is -2.06. The third-order valence-corrected chi connectivity index (χ3v) is 3.23. The van der Waals surface area contributed by atoms with Gasteiger partial charge in [0.2, 0.25) is 0 Å². The van der Waals surface area contributed by atoms with Crippen LogP contribution in [0.1, 0.15) is 0 Å². The van der Waals surface area contributed by atoms with Gasteiger partial charge < -0.3 is 5.11 Å². The Labute approximate surface area is 115 Å². The van der Waals surface area contributed by atoms with Crippen molar-refractivity contribution in [2.75, 3.05) is 0 Å². The molecule has 0 saturated carbocycles. The molecule has 3 aromatic rings. The van der Waals surface area contributed by atoms with Crippen LogP contribution in [0.25, 0.3) is 17.0 Å². The zero-order chi connectivity index (χ0) is 12.7. The zero-order valence-electron chi connectivity index (χ0n) is 8.88. The van der Waals surface area contributed by atoms with Gasteiger partial charge in [-0.1, -0.05) is 11.6 Å². The lowest BCUT2D eigenvalue weighted by molar-refractivity contribution is 0.476. The number of phenolic OH excluding ortho intramolecular Hbond substituents is 1. The van der Waals surface area contributed by atoms with Crippen LogP contribution in [0.2, 0.25) is 5.02 Å². The lowest BCUT2D eigenvalue weighted by atomic mass is 10.2. The maximum Gasteiger partial charge on any atom is 0.173 e. The van der Waals surface area contributed by atoms with Crippen molar-refractivity contribution in [1.29, 1.82) is 0 Å². The summed E-state index contributed by atoms with van der Waals surface area (Å²) in [6.45, 7) is 0. The van der Waals surface area contributed by atoms with Gasteiger partial charge in [0.15, 0.2) is 16.1 Å². The predicted octanol–water partition coefficient (Wildman–Crippen LogP) is 2.91. The van der Waals surface area contributed by atoms with Crippen LogP contribution < -0.4 is 0 Å². The number of aromatic nitrogens is 4. The van der Waals surface area contributed by atoms with Crippen molar-refractivity contribution >= 4 is 33.2 Å². The van der Waals surface area contributed by atoms with Crippen LogP contribution in [0.4, 0.5) is 0 Å². The standard InChI is InChI=1S/C11H6BrClN4O/c12-9-11-14-3-4-17(11)10(16-15-9)7-2-1-6(13)5-8(7)18/h1-5,18H. The Morgan fingerprint density at radius 3 is 2.89 bits per heavy atom. The fourth-order valence-electron chi connectivity index (χ4n) is 1.69. The summed E-state index contributed by atoms with van der Waals surface area (Å²) in [7, 11) is 0. The van der Waals surface area contributed by atoms with Gasteiger partial charge in [-0.2, -0.15) is 0 Å². The van der Waals surface area contributed by atoms with E-state index in [1.165, 1.54) is 6.07 Å². The summed E-state index contributed by atoms with van der Waals surface area (Å²) in [5.74, 6) is 0.550. The number of phenols is 1. The molecule has 0 saturated heterocycles. The van der Waals surface area contributed by atoms with Crippen LogP contribution in [-0.2, 0) is 0 Å². The second kappa shape index (κ2) is 4.22. The van der Waals surface area contributed by atoms with E-state index >= 15 is 0 Å². The highest BCUT2D eigenvalue weighted by molar-refractivity contribution is 9.10. The molecule has 0 atom stereocenters. The van der Waals surface area contributed by atoms with Crippen LogP contribution >= 0.6 is 27.5 Å². The number of halogens is 2. The van der Waals surface area contributed by atoms with Gasteiger partial charge in [-0.05, 0) is 34.1 Å². The van der Waals surface area contributed by atoms with Gasteiger partial charge in [0, 0.05) is 17.4 Å². The van der Waals surface area contributed by atoms with E-state index in [4.69, 9.17) is 11.6 Å². The van der Waals surface area contributed by atoms with Crippen LogP contribution in [0.3, 0.4) is 0 Å². The van der Waals surface area contributed by atoms with Gasteiger partial charge in [-0.15, -0.1) is 10.2 Å². The number of benzene rings is 1. The SMILES string of the molecule is Oc1cc(Cl)ccc1-c1nnc(Br)c2nccn12. The Hall–Kier alpha value is -1.66. The monoisotopic (exact) mass is 324 g/mol. The molecule has 0 aliphatic carbocycles. The van der Waals surface area contributed by atoms with Crippen molar-refractivity contribution in [3.8, 4) is 17.1 Å². The first-order valence-corrected chi connectivity index (χ1v) is 6.18. The van der Waals surface area contributed by atoms with Crippen molar-refractivity contribution in [3.63, 3.8) is 0 Å². The van der Waals surface area contributed by atoms with Crippen molar-refractivity contribution in [1.82, 2.24) is 19.6 Å². The molecule has 0 aliphatic rings. The Kier molecular flexibility index (Phi) is 2.68. The molecule has 0 amide bonds. The minimum absolute atomic E-state index is 0.0501. The number of imidazole rings is 1. The highest BCUT2D eigenvalue weighted by atomic mass is 79.9. The minimum atomic E-state index is 0.0501. The summed E-state index contributed by atoms with van der Waals surface area (Å²) in [5, 5.41) is 18.4. The van der Waals surface area contributed by atoms with E-state index in [1.807, 2.05) is 0 Å². The van der Waals surface area contributed by atoms with Crippen molar-refractivity contribution in [3.05, 3.63) is 40.2 Å². The number of rotatable bonds is 1. The number of hydrogen-bond donors (Lipinski definition) is 1. The number of nitrogens with zero attached hydrogens (tertiary/aromatic N) is 4. The van der Waals surface area contributed by atoms with E-state index in [2.05, 4.69) is 31.1 Å². The van der Waals surface area contributed by atoms with E-state index < -0.39 is 0 Å². The zero-order valence-corrected chi connectivity index (χ0v) is 11.2. The molecule has 0 unspecified atom stereocenters. The van der Waals surface area contributed by atoms with Gasteiger partial charge in [0.1, 0.15) is 5.75 Å². The van der Waals surface area contributed by atoms with Crippen molar-refractivity contribution < 1.29 is 5.11 Å². The van der Waals surface area contributed by atoms with Crippen LogP contribution in [0.5, 0.6) is 5.75 Å². The molecule has 2 heterocycles. The molecule has 18 heavy (non-hydrogen) atoms.